The van der Waals surface area contributed by atoms with Crippen LogP contribution in [0.2, 0.25) is 0 Å². The molecule has 0 unspecified atom stereocenters. The molecule has 1 aliphatic heterocycles. The van der Waals surface area contributed by atoms with Crippen molar-refractivity contribution in [1.82, 2.24) is 10.6 Å². The zero-order valence-electron chi connectivity index (χ0n) is 17.0. The van der Waals surface area contributed by atoms with Crippen LogP contribution < -0.4 is 10.6 Å². The Hall–Kier alpha value is -1.61. The number of benzene rings is 1. The number of rotatable bonds is 4. The minimum atomic E-state index is -0.0447. The Labute approximate surface area is 158 Å². The summed E-state index contributed by atoms with van der Waals surface area (Å²) in [6.45, 7) is 13.1. The molecule has 3 nitrogen and oxygen atoms in total. The average Bonchev–Trinajstić information content (AvgIpc) is 2.91. The van der Waals surface area contributed by atoms with Gasteiger partial charge in [-0.05, 0) is 60.9 Å². The number of fused-ring (bicyclic) bond motifs is 2. The molecule has 0 saturated carbocycles. The average molecular weight is 355 g/mol. The Bertz CT molecular complexity index is 701. The van der Waals surface area contributed by atoms with E-state index in [1.807, 2.05) is 0 Å². The van der Waals surface area contributed by atoms with Crippen molar-refractivity contribution >= 4 is 11.5 Å². The summed E-state index contributed by atoms with van der Waals surface area (Å²) in [5, 5.41) is 6.82. The molecule has 1 fully saturated rings. The summed E-state index contributed by atoms with van der Waals surface area (Å²) in [5.41, 5.74) is 4.76. The topological polar surface area (TPSA) is 41.1 Å². The van der Waals surface area contributed by atoms with Crippen molar-refractivity contribution in [3.05, 3.63) is 41.0 Å². The highest BCUT2D eigenvalue weighted by molar-refractivity contribution is 6.23. The lowest BCUT2D eigenvalue weighted by Gasteiger charge is -2.43. The molecule has 1 saturated heterocycles. The number of carbonyl (C=O) groups is 1. The molecule has 3 heteroatoms. The summed E-state index contributed by atoms with van der Waals surface area (Å²) in [5.74, 6) is 0.117. The summed E-state index contributed by atoms with van der Waals surface area (Å²) in [7, 11) is 0. The van der Waals surface area contributed by atoms with Gasteiger partial charge in [0.05, 0.1) is 0 Å². The number of hydrogen-bond donors (Lipinski definition) is 2. The van der Waals surface area contributed by atoms with Crippen molar-refractivity contribution in [2.45, 2.75) is 71.8 Å². The number of nitrogens with one attached hydrogen (secondary N) is 2. The zero-order valence-corrected chi connectivity index (χ0v) is 17.0. The van der Waals surface area contributed by atoms with Gasteiger partial charge >= 0.3 is 0 Å². The van der Waals surface area contributed by atoms with Crippen LogP contribution in [0.4, 0.5) is 0 Å². The second-order valence-corrected chi connectivity index (χ2v) is 8.86. The highest BCUT2D eigenvalue weighted by Gasteiger charge is 2.50. The standard InChI is InChI=1S/C23H34N2O/c1-6-16(7-2)25-21(26)19-17-10-8-9-11-18(17)23(12-14-24-15-13-23)20(19)22(3,4)5/h8-11,16,24H,6-7,12-15H2,1-5H3,(H,25,26). The van der Waals surface area contributed by atoms with Gasteiger partial charge in [0, 0.05) is 17.0 Å². The normalized spacial score (nSPS) is 19.2. The molecular formula is C23H34N2O. The van der Waals surface area contributed by atoms with Crippen molar-refractivity contribution in [3.8, 4) is 0 Å². The van der Waals surface area contributed by atoms with Crippen LogP contribution in [0.25, 0.3) is 5.57 Å². The first-order valence-corrected chi connectivity index (χ1v) is 10.2. The molecule has 142 valence electrons. The van der Waals surface area contributed by atoms with E-state index < -0.39 is 0 Å². The highest BCUT2D eigenvalue weighted by atomic mass is 16.1. The molecule has 1 amide bonds. The summed E-state index contributed by atoms with van der Waals surface area (Å²) >= 11 is 0. The van der Waals surface area contributed by atoms with Crippen molar-refractivity contribution in [2.75, 3.05) is 13.1 Å². The maximum Gasteiger partial charge on any atom is 0.252 e. The van der Waals surface area contributed by atoms with Gasteiger partial charge < -0.3 is 10.6 Å². The van der Waals surface area contributed by atoms with Gasteiger partial charge in [0.25, 0.3) is 5.91 Å². The second kappa shape index (κ2) is 7.19. The van der Waals surface area contributed by atoms with Gasteiger partial charge in [0.15, 0.2) is 0 Å². The van der Waals surface area contributed by atoms with Gasteiger partial charge in [-0.3, -0.25) is 4.79 Å². The monoisotopic (exact) mass is 354 g/mol. The van der Waals surface area contributed by atoms with Crippen LogP contribution in [-0.2, 0) is 10.2 Å². The largest absolute Gasteiger partial charge is 0.349 e. The van der Waals surface area contributed by atoms with Crippen molar-refractivity contribution < 1.29 is 4.79 Å². The van der Waals surface area contributed by atoms with Gasteiger partial charge in [0.1, 0.15) is 0 Å². The molecule has 1 heterocycles. The molecule has 2 aliphatic rings. The lowest BCUT2D eigenvalue weighted by atomic mass is 9.63. The van der Waals surface area contributed by atoms with E-state index >= 15 is 0 Å². The second-order valence-electron chi connectivity index (χ2n) is 8.86. The molecule has 0 atom stereocenters. The van der Waals surface area contributed by atoms with Crippen molar-refractivity contribution in [2.24, 2.45) is 5.41 Å². The first-order chi connectivity index (χ1) is 12.3. The van der Waals surface area contributed by atoms with E-state index in [0.717, 1.165) is 49.9 Å². The predicted molar refractivity (Wildman–Crippen MR) is 109 cm³/mol. The van der Waals surface area contributed by atoms with E-state index in [-0.39, 0.29) is 22.8 Å². The van der Waals surface area contributed by atoms with Gasteiger partial charge in [0.2, 0.25) is 0 Å². The zero-order chi connectivity index (χ0) is 18.9. The summed E-state index contributed by atoms with van der Waals surface area (Å²) < 4.78 is 0. The number of amides is 1. The van der Waals surface area contributed by atoms with Crippen molar-refractivity contribution in [3.63, 3.8) is 0 Å². The first kappa shape index (κ1) is 19.2. The quantitative estimate of drug-likeness (QED) is 0.840. The fourth-order valence-electron chi connectivity index (χ4n) is 5.08. The van der Waals surface area contributed by atoms with Crippen LogP contribution in [-0.4, -0.2) is 25.0 Å². The Balaban J connectivity index is 2.18. The van der Waals surface area contributed by atoms with Gasteiger partial charge in [-0.2, -0.15) is 0 Å². The molecule has 1 aromatic carbocycles. The van der Waals surface area contributed by atoms with Gasteiger partial charge in [-0.15, -0.1) is 0 Å². The summed E-state index contributed by atoms with van der Waals surface area (Å²) in [6, 6.07) is 8.85. The van der Waals surface area contributed by atoms with E-state index in [1.54, 1.807) is 0 Å². The van der Waals surface area contributed by atoms with E-state index in [9.17, 15) is 4.79 Å². The van der Waals surface area contributed by atoms with E-state index in [4.69, 9.17) is 0 Å². The third-order valence-corrected chi connectivity index (χ3v) is 6.20. The lowest BCUT2D eigenvalue weighted by Crippen LogP contribution is -2.43. The Morgan fingerprint density at radius 1 is 1.15 bits per heavy atom. The maximum atomic E-state index is 13.4. The van der Waals surface area contributed by atoms with E-state index in [0.29, 0.717) is 0 Å². The molecular weight excluding hydrogens is 320 g/mol. The van der Waals surface area contributed by atoms with E-state index in [2.05, 4.69) is 69.5 Å². The number of piperidine rings is 1. The molecule has 3 rings (SSSR count). The third-order valence-electron chi connectivity index (χ3n) is 6.20. The molecule has 26 heavy (non-hydrogen) atoms. The first-order valence-electron chi connectivity index (χ1n) is 10.2. The Morgan fingerprint density at radius 2 is 1.77 bits per heavy atom. The van der Waals surface area contributed by atoms with Crippen LogP contribution in [0.3, 0.4) is 0 Å². The van der Waals surface area contributed by atoms with Crippen LogP contribution in [0.15, 0.2) is 29.8 Å². The lowest BCUT2D eigenvalue weighted by molar-refractivity contribution is -0.116. The number of carbonyl (C=O) groups excluding carboxylic acids is 1. The molecule has 0 radical (unpaired) electrons. The molecule has 0 bridgehead atoms. The van der Waals surface area contributed by atoms with E-state index in [1.165, 1.54) is 11.1 Å². The minimum Gasteiger partial charge on any atom is -0.349 e. The van der Waals surface area contributed by atoms with Crippen LogP contribution in [0.1, 0.15) is 71.4 Å². The maximum absolute atomic E-state index is 13.4. The molecule has 1 aromatic rings. The smallest absolute Gasteiger partial charge is 0.252 e. The Kier molecular flexibility index (Phi) is 5.30. The highest BCUT2D eigenvalue weighted by Crippen LogP contribution is 2.57. The fourth-order valence-corrected chi connectivity index (χ4v) is 5.08. The number of allylic oxidation sites excluding steroid dienone is 1. The van der Waals surface area contributed by atoms with Crippen molar-refractivity contribution in [1.29, 1.82) is 0 Å². The van der Waals surface area contributed by atoms with Crippen LogP contribution in [0.5, 0.6) is 0 Å². The van der Waals surface area contributed by atoms with Gasteiger partial charge in [-0.25, -0.2) is 0 Å². The molecule has 0 aromatic heterocycles. The Morgan fingerprint density at radius 3 is 2.35 bits per heavy atom. The van der Waals surface area contributed by atoms with Crippen LogP contribution >= 0.6 is 0 Å². The minimum absolute atomic E-state index is 0.000687. The fraction of sp³-hybridized carbons (Fsp3) is 0.609. The predicted octanol–water partition coefficient (Wildman–Crippen LogP) is 4.43. The third kappa shape index (κ3) is 3.11. The molecule has 2 N–H and O–H groups in total. The molecule has 1 aliphatic carbocycles. The SMILES string of the molecule is CCC(CC)NC(=O)C1=C(C(C)(C)C)C2(CCNCC2)c2ccccc21. The van der Waals surface area contributed by atoms with Crippen LogP contribution in [0, 0.1) is 5.41 Å². The summed E-state index contributed by atoms with van der Waals surface area (Å²) in [6.07, 6.45) is 4.07. The summed E-state index contributed by atoms with van der Waals surface area (Å²) in [4.78, 5) is 13.4. The molecule has 1 spiro atoms. The number of hydrogen-bond acceptors (Lipinski definition) is 2. The van der Waals surface area contributed by atoms with Gasteiger partial charge in [-0.1, -0.05) is 58.9 Å².